The lowest BCUT2D eigenvalue weighted by Gasteiger charge is -2.41. The van der Waals surface area contributed by atoms with Gasteiger partial charge < -0.3 is 9.80 Å². The van der Waals surface area contributed by atoms with E-state index in [4.69, 9.17) is 0 Å². The van der Waals surface area contributed by atoms with E-state index in [0.29, 0.717) is 6.04 Å². The van der Waals surface area contributed by atoms with Crippen molar-refractivity contribution in [1.29, 1.82) is 0 Å². The molecule has 0 N–H and O–H groups in total. The van der Waals surface area contributed by atoms with Gasteiger partial charge in [0.15, 0.2) is 0 Å². The first-order chi connectivity index (χ1) is 8.22. The van der Waals surface area contributed by atoms with E-state index in [0.717, 1.165) is 39.1 Å². The molecule has 17 heavy (non-hydrogen) atoms. The molecule has 2 saturated heterocycles. The van der Waals surface area contributed by atoms with Crippen molar-refractivity contribution in [2.75, 3.05) is 39.8 Å². The first-order valence-electron chi connectivity index (χ1n) is 6.96. The van der Waals surface area contributed by atoms with E-state index in [2.05, 4.69) is 23.8 Å². The molecular formula is C13H25N3O. The Morgan fingerprint density at radius 2 is 1.76 bits per heavy atom. The number of piperidine rings is 1. The molecule has 0 aromatic carbocycles. The van der Waals surface area contributed by atoms with E-state index >= 15 is 0 Å². The normalized spacial score (nSPS) is 27.3. The van der Waals surface area contributed by atoms with E-state index in [9.17, 15) is 4.79 Å². The van der Waals surface area contributed by atoms with Gasteiger partial charge in [0.2, 0.25) is 0 Å². The number of carbonyl (C=O) groups is 1. The summed E-state index contributed by atoms with van der Waals surface area (Å²) < 4.78 is 0. The van der Waals surface area contributed by atoms with Crippen LogP contribution in [0.15, 0.2) is 0 Å². The highest BCUT2D eigenvalue weighted by Crippen LogP contribution is 2.15. The minimum Gasteiger partial charge on any atom is -0.325 e. The molecule has 1 unspecified atom stereocenters. The summed E-state index contributed by atoms with van der Waals surface area (Å²) in [7, 11) is 2.16. The predicted molar refractivity (Wildman–Crippen MR) is 69.1 cm³/mol. The molecule has 0 spiro atoms. The maximum Gasteiger partial charge on any atom is 0.320 e. The third kappa shape index (κ3) is 2.92. The molecule has 98 valence electrons. The minimum absolute atomic E-state index is 0.274. The Morgan fingerprint density at radius 1 is 1.06 bits per heavy atom. The van der Waals surface area contributed by atoms with Gasteiger partial charge in [-0.05, 0) is 32.7 Å². The van der Waals surface area contributed by atoms with Crippen molar-refractivity contribution in [2.24, 2.45) is 0 Å². The van der Waals surface area contributed by atoms with Crippen LogP contribution in [0.4, 0.5) is 4.79 Å². The maximum absolute atomic E-state index is 12.4. The van der Waals surface area contributed by atoms with Crippen LogP contribution in [0.2, 0.25) is 0 Å². The lowest BCUT2D eigenvalue weighted by Crippen LogP contribution is -2.56. The highest BCUT2D eigenvalue weighted by molar-refractivity contribution is 5.74. The molecule has 2 heterocycles. The van der Waals surface area contributed by atoms with Crippen molar-refractivity contribution in [3.05, 3.63) is 0 Å². The first kappa shape index (κ1) is 12.7. The average molecular weight is 239 g/mol. The fourth-order valence-corrected chi connectivity index (χ4v) is 2.85. The Morgan fingerprint density at radius 3 is 2.41 bits per heavy atom. The largest absolute Gasteiger partial charge is 0.325 e. The fourth-order valence-electron chi connectivity index (χ4n) is 2.85. The summed E-state index contributed by atoms with van der Waals surface area (Å²) in [6.45, 7) is 6.93. The Balaban J connectivity index is 1.90. The van der Waals surface area contributed by atoms with E-state index in [1.165, 1.54) is 19.3 Å². The molecule has 4 heteroatoms. The Kier molecular flexibility index (Phi) is 4.26. The number of likely N-dealkylation sites (N-methyl/N-ethyl adjacent to an activating group) is 1. The zero-order chi connectivity index (χ0) is 12.3. The van der Waals surface area contributed by atoms with Crippen LogP contribution in [-0.2, 0) is 0 Å². The molecule has 4 nitrogen and oxygen atoms in total. The molecule has 0 aromatic heterocycles. The molecule has 2 rings (SSSR count). The predicted octanol–water partition coefficient (Wildman–Crippen LogP) is 1.62. The van der Waals surface area contributed by atoms with E-state index < -0.39 is 0 Å². The van der Waals surface area contributed by atoms with Crippen molar-refractivity contribution in [3.8, 4) is 0 Å². The number of amides is 2. The smallest absolute Gasteiger partial charge is 0.320 e. The number of rotatable bonds is 1. The summed E-state index contributed by atoms with van der Waals surface area (Å²) in [4.78, 5) is 18.8. The van der Waals surface area contributed by atoms with Gasteiger partial charge in [-0.15, -0.1) is 0 Å². The van der Waals surface area contributed by atoms with Gasteiger partial charge in [-0.2, -0.15) is 0 Å². The van der Waals surface area contributed by atoms with Crippen molar-refractivity contribution < 1.29 is 4.79 Å². The molecule has 1 atom stereocenters. The molecule has 2 fully saturated rings. The van der Waals surface area contributed by atoms with Gasteiger partial charge in [0.25, 0.3) is 0 Å². The highest BCUT2D eigenvalue weighted by Gasteiger charge is 2.29. The number of piperazine rings is 1. The van der Waals surface area contributed by atoms with Crippen LogP contribution in [0, 0.1) is 0 Å². The molecule has 2 aliphatic heterocycles. The first-order valence-corrected chi connectivity index (χ1v) is 6.96. The Bertz CT molecular complexity index is 263. The Labute approximate surface area is 105 Å². The van der Waals surface area contributed by atoms with Crippen LogP contribution in [0.25, 0.3) is 0 Å². The third-order valence-corrected chi connectivity index (χ3v) is 4.15. The van der Waals surface area contributed by atoms with Crippen molar-refractivity contribution in [1.82, 2.24) is 14.7 Å². The van der Waals surface area contributed by atoms with Gasteiger partial charge in [-0.3, -0.25) is 4.90 Å². The molecule has 0 bridgehead atoms. The van der Waals surface area contributed by atoms with Gasteiger partial charge in [0, 0.05) is 38.8 Å². The Hall–Kier alpha value is -0.770. The van der Waals surface area contributed by atoms with Crippen molar-refractivity contribution >= 4 is 6.03 Å². The zero-order valence-electron chi connectivity index (χ0n) is 11.2. The van der Waals surface area contributed by atoms with Crippen LogP contribution >= 0.6 is 0 Å². The standard InChI is InChI=1S/C13H25N3O/c1-3-12-11-16(10-9-14(12)2)13(17)15-7-5-4-6-8-15/h12H,3-11H2,1-2H3. The monoisotopic (exact) mass is 239 g/mol. The SMILES string of the molecule is CCC1CN(C(=O)N2CCCCC2)CCN1C. The van der Waals surface area contributed by atoms with Crippen LogP contribution in [0.1, 0.15) is 32.6 Å². The van der Waals surface area contributed by atoms with Crippen molar-refractivity contribution in [3.63, 3.8) is 0 Å². The summed E-state index contributed by atoms with van der Waals surface area (Å²) in [5.41, 5.74) is 0. The van der Waals surface area contributed by atoms with Gasteiger partial charge in [0.05, 0.1) is 0 Å². The average Bonchev–Trinajstić information content (AvgIpc) is 2.39. The topological polar surface area (TPSA) is 26.8 Å². The number of urea groups is 1. The van der Waals surface area contributed by atoms with Gasteiger partial charge >= 0.3 is 6.03 Å². The number of nitrogens with zero attached hydrogens (tertiary/aromatic N) is 3. The molecule has 2 aliphatic rings. The van der Waals surface area contributed by atoms with Crippen molar-refractivity contribution in [2.45, 2.75) is 38.6 Å². The molecule has 0 radical (unpaired) electrons. The summed E-state index contributed by atoms with van der Waals surface area (Å²) in [6, 6.07) is 0.814. The molecule has 2 amide bonds. The quantitative estimate of drug-likeness (QED) is 0.695. The van der Waals surface area contributed by atoms with Crippen LogP contribution < -0.4 is 0 Å². The summed E-state index contributed by atoms with van der Waals surface area (Å²) in [5.74, 6) is 0. The number of carbonyl (C=O) groups excluding carboxylic acids is 1. The fraction of sp³-hybridized carbons (Fsp3) is 0.923. The van der Waals surface area contributed by atoms with Gasteiger partial charge in [0.1, 0.15) is 0 Å². The third-order valence-electron chi connectivity index (χ3n) is 4.15. The van der Waals surface area contributed by atoms with Gasteiger partial charge in [-0.25, -0.2) is 4.79 Å². The lowest BCUT2D eigenvalue weighted by molar-refractivity contribution is 0.0844. The molecular weight excluding hydrogens is 214 g/mol. The second-order valence-corrected chi connectivity index (χ2v) is 5.32. The molecule has 0 aromatic rings. The highest BCUT2D eigenvalue weighted by atomic mass is 16.2. The van der Waals surface area contributed by atoms with Crippen LogP contribution in [0.5, 0.6) is 0 Å². The second kappa shape index (κ2) is 5.71. The van der Waals surface area contributed by atoms with E-state index in [-0.39, 0.29) is 6.03 Å². The maximum atomic E-state index is 12.4. The summed E-state index contributed by atoms with van der Waals surface area (Å²) in [6.07, 6.45) is 4.76. The minimum atomic E-state index is 0.274. The number of likely N-dealkylation sites (tertiary alicyclic amines) is 1. The number of hydrogen-bond acceptors (Lipinski definition) is 2. The summed E-state index contributed by atoms with van der Waals surface area (Å²) >= 11 is 0. The summed E-state index contributed by atoms with van der Waals surface area (Å²) in [5, 5.41) is 0. The molecule has 0 aliphatic carbocycles. The van der Waals surface area contributed by atoms with Gasteiger partial charge in [-0.1, -0.05) is 6.92 Å². The number of hydrogen-bond donors (Lipinski definition) is 0. The molecule has 0 saturated carbocycles. The second-order valence-electron chi connectivity index (χ2n) is 5.32. The lowest BCUT2D eigenvalue weighted by atomic mass is 10.1. The van der Waals surface area contributed by atoms with E-state index in [1.807, 2.05) is 4.90 Å². The van der Waals surface area contributed by atoms with Crippen LogP contribution in [0.3, 0.4) is 0 Å². The zero-order valence-corrected chi connectivity index (χ0v) is 11.2. The van der Waals surface area contributed by atoms with E-state index in [1.54, 1.807) is 0 Å². The van der Waals surface area contributed by atoms with Crippen LogP contribution in [-0.4, -0.2) is 66.5 Å².